The zero-order valence-electron chi connectivity index (χ0n) is 22.0. The van der Waals surface area contributed by atoms with Crippen LogP contribution in [0.2, 0.25) is 0 Å². The van der Waals surface area contributed by atoms with Gasteiger partial charge in [0.15, 0.2) is 0 Å². The standard InChI is InChI=1S/C24H27F6NO10S2/c25-23(26,27)17(10-42(34,35)36)40-20(32)14-3-1-2-13(6-14)19-15-4-12-5-16(19)9-22(7-12,8-15)31-21(33)41-18(24(28,29)30)11-43(37,38)39/h1-3,6,12,15-19H,4-5,7-11H2,(H,31,33)(H,34,35,36)(H,37,38,39). The Kier molecular flexibility index (Phi) is 8.80. The van der Waals surface area contributed by atoms with Crippen molar-refractivity contribution in [2.45, 2.75) is 68.1 Å². The largest absolute Gasteiger partial charge is 0.448 e. The Morgan fingerprint density at radius 3 is 1.88 bits per heavy atom. The van der Waals surface area contributed by atoms with Crippen molar-refractivity contribution in [3.8, 4) is 0 Å². The van der Waals surface area contributed by atoms with E-state index in [4.69, 9.17) is 9.11 Å². The van der Waals surface area contributed by atoms with E-state index < -0.39 is 73.9 Å². The summed E-state index contributed by atoms with van der Waals surface area (Å²) >= 11 is 0. The topological polar surface area (TPSA) is 173 Å². The first-order valence-corrected chi connectivity index (χ1v) is 16.1. The fourth-order valence-electron chi connectivity index (χ4n) is 6.94. The molecule has 4 fully saturated rings. The van der Waals surface area contributed by atoms with Gasteiger partial charge < -0.3 is 14.8 Å². The van der Waals surface area contributed by atoms with Crippen molar-refractivity contribution in [3.05, 3.63) is 35.4 Å². The molecule has 3 N–H and O–H groups in total. The molecule has 4 unspecified atom stereocenters. The van der Waals surface area contributed by atoms with Crippen LogP contribution in [0.3, 0.4) is 0 Å². The van der Waals surface area contributed by atoms with Crippen molar-refractivity contribution in [3.63, 3.8) is 0 Å². The summed E-state index contributed by atoms with van der Waals surface area (Å²) in [7, 11) is -10.3. The van der Waals surface area contributed by atoms with Crippen LogP contribution < -0.4 is 5.32 Å². The Labute approximate surface area is 241 Å². The molecule has 242 valence electrons. The van der Waals surface area contributed by atoms with Crippen LogP contribution in [0.4, 0.5) is 31.1 Å². The van der Waals surface area contributed by atoms with Gasteiger partial charge in [0.2, 0.25) is 12.2 Å². The summed E-state index contributed by atoms with van der Waals surface area (Å²) in [5, 5.41) is 2.48. The summed E-state index contributed by atoms with van der Waals surface area (Å²) < 4.78 is 150. The Bertz CT molecular complexity index is 1450. The molecule has 4 aliphatic rings. The highest BCUT2D eigenvalue weighted by Gasteiger charge is 2.57. The van der Waals surface area contributed by atoms with Crippen LogP contribution in [0.15, 0.2) is 24.3 Å². The number of hydrogen-bond donors (Lipinski definition) is 3. The summed E-state index contributed by atoms with van der Waals surface area (Å²) in [5.41, 5.74) is -0.709. The normalized spacial score (nSPS) is 28.7. The van der Waals surface area contributed by atoms with Gasteiger partial charge in [-0.15, -0.1) is 0 Å². The maximum absolute atomic E-state index is 13.2. The smallest absolute Gasteiger partial charge is 0.426 e. The number of nitrogens with one attached hydrogen (secondary N) is 1. The third kappa shape index (κ3) is 8.30. The van der Waals surface area contributed by atoms with Gasteiger partial charge in [-0.3, -0.25) is 9.11 Å². The van der Waals surface area contributed by atoms with E-state index in [1.165, 1.54) is 18.2 Å². The molecule has 1 aromatic rings. The first-order valence-electron chi connectivity index (χ1n) is 12.9. The molecule has 0 spiro atoms. The maximum atomic E-state index is 13.2. The van der Waals surface area contributed by atoms with E-state index in [0.717, 1.165) is 0 Å². The molecule has 0 heterocycles. The number of carbonyl (C=O) groups excluding carboxylic acids is 2. The third-order valence-electron chi connectivity index (χ3n) is 8.10. The molecular weight excluding hydrogens is 640 g/mol. The summed E-state index contributed by atoms with van der Waals surface area (Å²) in [6, 6.07) is 5.53. The van der Waals surface area contributed by atoms with Crippen LogP contribution in [0.5, 0.6) is 0 Å². The second-order valence-corrected chi connectivity index (χ2v) is 14.4. The minimum atomic E-state index is -5.28. The molecule has 43 heavy (non-hydrogen) atoms. The number of alkyl carbamates (subject to hydrolysis) is 1. The van der Waals surface area contributed by atoms with E-state index in [0.29, 0.717) is 24.8 Å². The van der Waals surface area contributed by atoms with Gasteiger partial charge in [-0.2, -0.15) is 43.2 Å². The van der Waals surface area contributed by atoms with Crippen molar-refractivity contribution in [1.29, 1.82) is 0 Å². The van der Waals surface area contributed by atoms with Crippen LogP contribution in [0, 0.1) is 17.8 Å². The molecule has 1 amide bonds. The fourth-order valence-corrected chi connectivity index (χ4v) is 8.22. The molecule has 0 aromatic heterocycles. The lowest BCUT2D eigenvalue weighted by atomic mass is 9.48. The molecule has 11 nitrogen and oxygen atoms in total. The van der Waals surface area contributed by atoms with E-state index in [2.05, 4.69) is 14.8 Å². The number of hydrogen-bond acceptors (Lipinski definition) is 8. The fraction of sp³-hybridized carbons (Fsp3) is 0.667. The van der Waals surface area contributed by atoms with Gasteiger partial charge in [0.25, 0.3) is 20.2 Å². The van der Waals surface area contributed by atoms with Crippen LogP contribution >= 0.6 is 0 Å². The van der Waals surface area contributed by atoms with Crippen molar-refractivity contribution < 1.29 is 71.3 Å². The molecule has 4 aliphatic carbocycles. The monoisotopic (exact) mass is 667 g/mol. The Hall–Kier alpha value is -2.64. The van der Waals surface area contributed by atoms with E-state index in [-0.39, 0.29) is 42.1 Å². The number of alkyl halides is 6. The maximum Gasteiger partial charge on any atom is 0.426 e. The molecule has 4 bridgehead atoms. The molecule has 0 radical (unpaired) electrons. The second kappa shape index (κ2) is 11.4. The van der Waals surface area contributed by atoms with Crippen LogP contribution in [0.25, 0.3) is 0 Å². The number of halogens is 6. The number of rotatable bonds is 9. The average molecular weight is 668 g/mol. The highest BCUT2D eigenvalue weighted by atomic mass is 32.2. The van der Waals surface area contributed by atoms with E-state index >= 15 is 0 Å². The summed E-state index contributed by atoms with van der Waals surface area (Å²) in [6.07, 6.45) is -15.9. The molecule has 1 aromatic carbocycles. The first-order chi connectivity index (χ1) is 19.5. The molecule has 5 rings (SSSR count). The first kappa shape index (κ1) is 33.3. The lowest BCUT2D eigenvalue weighted by Crippen LogP contribution is -2.62. The minimum Gasteiger partial charge on any atom is -0.448 e. The Balaban J connectivity index is 1.49. The quantitative estimate of drug-likeness (QED) is 0.199. The third-order valence-corrected chi connectivity index (χ3v) is 9.55. The van der Waals surface area contributed by atoms with Crippen molar-refractivity contribution in [1.82, 2.24) is 5.32 Å². The van der Waals surface area contributed by atoms with Gasteiger partial charge in [0.1, 0.15) is 11.5 Å². The average Bonchev–Trinajstić information content (AvgIpc) is 2.79. The lowest BCUT2D eigenvalue weighted by molar-refractivity contribution is -0.197. The predicted molar refractivity (Wildman–Crippen MR) is 133 cm³/mol. The zero-order chi connectivity index (χ0) is 32.2. The van der Waals surface area contributed by atoms with Gasteiger partial charge in [0, 0.05) is 5.54 Å². The van der Waals surface area contributed by atoms with Crippen molar-refractivity contribution >= 4 is 32.3 Å². The van der Waals surface area contributed by atoms with Crippen LogP contribution in [-0.4, -0.2) is 79.6 Å². The summed E-state index contributed by atoms with van der Waals surface area (Å²) in [4.78, 5) is 25.0. The SMILES string of the molecule is O=C(NC12CC3CC(C1)C(c1cccc(C(=O)OC(CS(=O)(=O)O)C(F)(F)F)c1)C(C3)C2)OC(CS(=O)(=O)O)C(F)(F)F. The molecule has 0 aliphatic heterocycles. The van der Waals surface area contributed by atoms with Gasteiger partial charge in [0.05, 0.1) is 5.56 Å². The second-order valence-electron chi connectivity index (χ2n) is 11.4. The molecule has 0 saturated heterocycles. The zero-order valence-corrected chi connectivity index (χ0v) is 23.6. The van der Waals surface area contributed by atoms with Gasteiger partial charge in [-0.1, -0.05) is 12.1 Å². The van der Waals surface area contributed by atoms with Gasteiger partial charge in [-0.25, -0.2) is 9.59 Å². The van der Waals surface area contributed by atoms with E-state index in [1.807, 2.05) is 0 Å². The Morgan fingerprint density at radius 2 is 1.40 bits per heavy atom. The predicted octanol–water partition coefficient (Wildman–Crippen LogP) is 3.87. The van der Waals surface area contributed by atoms with Crippen molar-refractivity contribution in [2.75, 3.05) is 11.5 Å². The highest BCUT2D eigenvalue weighted by molar-refractivity contribution is 7.86. The van der Waals surface area contributed by atoms with Gasteiger partial charge in [-0.05, 0) is 73.5 Å². The summed E-state index contributed by atoms with van der Waals surface area (Å²) in [5.74, 6) is -5.70. The van der Waals surface area contributed by atoms with Crippen molar-refractivity contribution in [2.24, 2.45) is 17.8 Å². The van der Waals surface area contributed by atoms with Crippen LogP contribution in [-0.2, 0) is 29.7 Å². The highest BCUT2D eigenvalue weighted by Crippen LogP contribution is 2.61. The number of carbonyl (C=O) groups is 2. The molecular formula is C24H27F6NO10S2. The van der Waals surface area contributed by atoms with Gasteiger partial charge >= 0.3 is 24.4 Å². The number of ether oxygens (including phenoxy) is 2. The lowest BCUT2D eigenvalue weighted by Gasteiger charge is -2.60. The number of benzene rings is 1. The summed E-state index contributed by atoms with van der Waals surface area (Å²) in [6.45, 7) is 0. The van der Waals surface area contributed by atoms with Crippen LogP contribution in [0.1, 0.15) is 53.9 Å². The number of amides is 1. The Morgan fingerprint density at radius 1 is 0.884 bits per heavy atom. The molecule has 19 heteroatoms. The number of esters is 1. The molecule has 4 saturated carbocycles. The molecule has 4 atom stereocenters. The van der Waals surface area contributed by atoms with E-state index in [9.17, 15) is 52.8 Å². The minimum absolute atomic E-state index is 0.0754. The van der Waals surface area contributed by atoms with E-state index in [1.54, 1.807) is 6.07 Å².